The molecule has 3 atom stereocenters. The molecule has 7 nitrogen and oxygen atoms in total. The maximum atomic E-state index is 13.6. The van der Waals surface area contributed by atoms with Gasteiger partial charge in [-0.1, -0.05) is 37.0 Å². The number of fused-ring (bicyclic) bond motifs is 1. The van der Waals surface area contributed by atoms with Crippen LogP contribution in [-0.4, -0.2) is 67.5 Å². The molecule has 1 N–H and O–H groups in total. The zero-order valence-electron chi connectivity index (χ0n) is 20.3. The average Bonchev–Trinajstić information content (AvgIpc) is 3.70. The topological polar surface area (TPSA) is 87.2 Å². The number of rotatable bonds is 5. The van der Waals surface area contributed by atoms with Crippen molar-refractivity contribution in [3.8, 4) is 17.6 Å². The summed E-state index contributed by atoms with van der Waals surface area (Å²) in [4.78, 5) is 14.3. The molecule has 35 heavy (non-hydrogen) atoms. The van der Waals surface area contributed by atoms with Crippen molar-refractivity contribution in [3.63, 3.8) is 0 Å². The normalized spacial score (nSPS) is 22.4. The molecule has 8 heteroatoms. The molecule has 2 aromatic rings. The summed E-state index contributed by atoms with van der Waals surface area (Å²) in [5, 5.41) is 9.78. The van der Waals surface area contributed by atoms with Crippen LogP contribution < -0.4 is 4.74 Å². The lowest BCUT2D eigenvalue weighted by Gasteiger charge is -2.37. The highest BCUT2D eigenvalue weighted by Crippen LogP contribution is 2.35. The predicted octanol–water partition coefficient (Wildman–Crippen LogP) is 2.72. The Morgan fingerprint density at radius 2 is 1.86 bits per heavy atom. The van der Waals surface area contributed by atoms with E-state index in [4.69, 9.17) is 4.74 Å². The summed E-state index contributed by atoms with van der Waals surface area (Å²) in [6, 6.07) is 13.8. The van der Waals surface area contributed by atoms with Crippen LogP contribution in [-0.2, 0) is 14.8 Å². The van der Waals surface area contributed by atoms with Crippen molar-refractivity contribution in [1.29, 1.82) is 0 Å². The molecule has 0 spiro atoms. The van der Waals surface area contributed by atoms with Gasteiger partial charge in [0.15, 0.2) is 0 Å². The number of amides is 1. The van der Waals surface area contributed by atoms with E-state index in [0.717, 1.165) is 18.4 Å². The molecule has 2 aliphatic rings. The first-order valence-electron chi connectivity index (χ1n) is 12.0. The molecule has 186 valence electrons. The van der Waals surface area contributed by atoms with E-state index in [1.807, 2.05) is 37.3 Å². The van der Waals surface area contributed by atoms with Crippen LogP contribution in [0.3, 0.4) is 0 Å². The van der Waals surface area contributed by atoms with E-state index in [-0.39, 0.29) is 41.5 Å². The molecule has 0 unspecified atom stereocenters. The molecule has 1 saturated carbocycles. The Kier molecular flexibility index (Phi) is 7.50. The minimum absolute atomic E-state index is 0.0381. The highest BCUT2D eigenvalue weighted by molar-refractivity contribution is 7.89. The van der Waals surface area contributed by atoms with Gasteiger partial charge < -0.3 is 14.7 Å². The highest BCUT2D eigenvalue weighted by atomic mass is 32.2. The number of nitrogens with zero attached hydrogens (tertiary/aromatic N) is 2. The molecular weight excluding hydrogens is 464 g/mol. The van der Waals surface area contributed by atoms with Crippen molar-refractivity contribution in [1.82, 2.24) is 9.21 Å². The summed E-state index contributed by atoms with van der Waals surface area (Å²) >= 11 is 0. The molecule has 0 bridgehead atoms. The minimum Gasteiger partial charge on any atom is -0.487 e. The van der Waals surface area contributed by atoms with Gasteiger partial charge in [-0.05, 0) is 50.1 Å². The number of aliphatic hydroxyl groups is 1. The van der Waals surface area contributed by atoms with Crippen molar-refractivity contribution < 1.29 is 23.1 Å². The molecule has 1 heterocycles. The van der Waals surface area contributed by atoms with Crippen molar-refractivity contribution in [3.05, 3.63) is 59.7 Å². The predicted molar refractivity (Wildman–Crippen MR) is 133 cm³/mol. The Morgan fingerprint density at radius 1 is 1.17 bits per heavy atom. The van der Waals surface area contributed by atoms with Gasteiger partial charge in [0.25, 0.3) is 0 Å². The van der Waals surface area contributed by atoms with Gasteiger partial charge in [-0.15, -0.1) is 0 Å². The summed E-state index contributed by atoms with van der Waals surface area (Å²) in [5.41, 5.74) is 1.47. The number of ether oxygens (including phenoxy) is 1. The minimum atomic E-state index is -3.92. The van der Waals surface area contributed by atoms with Gasteiger partial charge in [0.1, 0.15) is 16.7 Å². The second-order valence-electron chi connectivity index (χ2n) is 9.51. The fourth-order valence-electron chi connectivity index (χ4n) is 4.19. The number of carbonyl (C=O) groups excluding carboxylic acids is 1. The van der Waals surface area contributed by atoms with Gasteiger partial charge in [-0.3, -0.25) is 4.79 Å². The van der Waals surface area contributed by atoms with Gasteiger partial charge in [0.05, 0.1) is 13.2 Å². The summed E-state index contributed by atoms with van der Waals surface area (Å²) in [6.07, 6.45) is 1.40. The van der Waals surface area contributed by atoms with Crippen molar-refractivity contribution >= 4 is 15.9 Å². The van der Waals surface area contributed by atoms with Gasteiger partial charge in [-0.2, -0.15) is 4.31 Å². The zero-order valence-corrected chi connectivity index (χ0v) is 21.2. The number of aliphatic hydroxyl groups excluding tert-OH is 1. The van der Waals surface area contributed by atoms with Gasteiger partial charge >= 0.3 is 0 Å². The molecule has 1 aliphatic carbocycles. The Morgan fingerprint density at radius 3 is 2.51 bits per heavy atom. The van der Waals surface area contributed by atoms with Gasteiger partial charge in [-0.25, -0.2) is 8.42 Å². The summed E-state index contributed by atoms with van der Waals surface area (Å²) in [7, 11) is -2.16. The molecule has 1 aliphatic heterocycles. The summed E-state index contributed by atoms with van der Waals surface area (Å²) < 4.78 is 34.8. The van der Waals surface area contributed by atoms with Gasteiger partial charge in [0.2, 0.25) is 15.9 Å². The number of hydrogen-bond acceptors (Lipinski definition) is 5. The Hall–Kier alpha value is -2.86. The molecule has 0 saturated heterocycles. The second kappa shape index (κ2) is 10.4. The van der Waals surface area contributed by atoms with Crippen LogP contribution >= 0.6 is 0 Å². The summed E-state index contributed by atoms with van der Waals surface area (Å²) in [5.74, 6) is 6.34. The van der Waals surface area contributed by atoms with E-state index in [0.29, 0.717) is 12.1 Å². The Labute approximate surface area is 207 Å². The van der Waals surface area contributed by atoms with E-state index >= 15 is 0 Å². The van der Waals surface area contributed by atoms with Crippen LogP contribution in [0.5, 0.6) is 5.75 Å². The highest BCUT2D eigenvalue weighted by Gasteiger charge is 2.39. The third-order valence-corrected chi connectivity index (χ3v) is 8.57. The fraction of sp³-hybridized carbons (Fsp3) is 0.444. The smallest absolute Gasteiger partial charge is 0.247 e. The van der Waals surface area contributed by atoms with Crippen molar-refractivity contribution in [2.45, 2.75) is 43.7 Å². The van der Waals surface area contributed by atoms with E-state index in [2.05, 4.69) is 11.8 Å². The lowest BCUT2D eigenvalue weighted by atomic mass is 10.0. The van der Waals surface area contributed by atoms with Crippen LogP contribution in [0.4, 0.5) is 0 Å². The molecular formula is C27H32N2O5S. The van der Waals surface area contributed by atoms with E-state index in [1.165, 1.54) is 10.4 Å². The SMILES string of the molecule is C[C@@H]1CN([C@@H](C)CO)S(=O)(=O)c2ccc(C#Cc3ccccc3)cc2O[C@@H]1CN(C)C(=O)C1CC1. The molecule has 2 aromatic carbocycles. The van der Waals surface area contributed by atoms with Crippen LogP contribution in [0.25, 0.3) is 0 Å². The zero-order chi connectivity index (χ0) is 25.2. The molecule has 0 aromatic heterocycles. The van der Waals surface area contributed by atoms with Crippen LogP contribution in [0.15, 0.2) is 53.4 Å². The number of benzene rings is 2. The quantitative estimate of drug-likeness (QED) is 0.644. The molecule has 0 radical (unpaired) electrons. The number of carbonyl (C=O) groups is 1. The first-order valence-corrected chi connectivity index (χ1v) is 13.4. The maximum absolute atomic E-state index is 13.6. The number of likely N-dealkylation sites (N-methyl/N-ethyl adjacent to an activating group) is 1. The third kappa shape index (κ3) is 5.69. The van der Waals surface area contributed by atoms with Crippen molar-refractivity contribution in [2.75, 3.05) is 26.7 Å². The fourth-order valence-corrected chi connectivity index (χ4v) is 6.01. The van der Waals surface area contributed by atoms with E-state index < -0.39 is 22.2 Å². The Balaban J connectivity index is 1.72. The van der Waals surface area contributed by atoms with E-state index in [1.54, 1.807) is 31.0 Å². The number of hydrogen-bond donors (Lipinski definition) is 1. The Bertz CT molecular complexity index is 1230. The van der Waals surface area contributed by atoms with Crippen LogP contribution in [0.2, 0.25) is 0 Å². The largest absolute Gasteiger partial charge is 0.487 e. The standard InChI is InChI=1S/C27H32N2O5S/c1-19-16-29(20(2)18-30)35(32,33)26-14-11-22(10-9-21-7-5-4-6-8-21)15-24(26)34-25(19)17-28(3)27(31)23-12-13-23/h4-8,11,14-15,19-20,23,25,30H,12-13,16-18H2,1-3H3/t19-,20+,25-/m1/s1. The van der Waals surface area contributed by atoms with Crippen molar-refractivity contribution in [2.24, 2.45) is 11.8 Å². The second-order valence-corrected chi connectivity index (χ2v) is 11.4. The van der Waals surface area contributed by atoms with Crippen LogP contribution in [0, 0.1) is 23.7 Å². The molecule has 1 fully saturated rings. The van der Waals surface area contributed by atoms with E-state index in [9.17, 15) is 18.3 Å². The number of sulfonamides is 1. The molecule has 4 rings (SSSR count). The summed E-state index contributed by atoms with van der Waals surface area (Å²) in [6.45, 7) is 3.82. The lowest BCUT2D eigenvalue weighted by molar-refractivity contribution is -0.132. The maximum Gasteiger partial charge on any atom is 0.247 e. The average molecular weight is 497 g/mol. The molecule has 1 amide bonds. The van der Waals surface area contributed by atoms with Crippen LogP contribution in [0.1, 0.15) is 37.8 Å². The first kappa shape index (κ1) is 25.2. The monoisotopic (exact) mass is 496 g/mol. The first-order chi connectivity index (χ1) is 16.7. The van der Waals surface area contributed by atoms with Gasteiger partial charge in [0, 0.05) is 42.6 Å². The lowest BCUT2D eigenvalue weighted by Crippen LogP contribution is -2.50. The third-order valence-electron chi connectivity index (χ3n) is 6.55.